The van der Waals surface area contributed by atoms with Crippen molar-refractivity contribution in [1.29, 1.82) is 0 Å². The molecule has 4 rings (SSSR count). The first-order valence-electron chi connectivity index (χ1n) is 10.7. The zero-order valence-corrected chi connectivity index (χ0v) is 18.9. The second kappa shape index (κ2) is 7.71. The van der Waals surface area contributed by atoms with Crippen LogP contribution in [0.1, 0.15) is 40.5 Å². The molecule has 1 N–H and O–H groups in total. The number of benzene rings is 2. The van der Waals surface area contributed by atoms with Gasteiger partial charge in [0.15, 0.2) is 0 Å². The number of piperidine rings is 1. The van der Waals surface area contributed by atoms with E-state index in [-0.39, 0.29) is 29.3 Å². The van der Waals surface area contributed by atoms with Gasteiger partial charge in [-0.05, 0) is 35.2 Å². The maximum absolute atomic E-state index is 12.6. The molecule has 0 aliphatic carbocycles. The Morgan fingerprint density at radius 2 is 1.52 bits per heavy atom. The van der Waals surface area contributed by atoms with Crippen molar-refractivity contribution in [1.82, 2.24) is 10.2 Å². The van der Waals surface area contributed by atoms with Gasteiger partial charge in [0.1, 0.15) is 0 Å². The zero-order valence-electron chi connectivity index (χ0n) is 17.9. The van der Waals surface area contributed by atoms with Crippen molar-refractivity contribution in [3.05, 3.63) is 60.7 Å². The molecule has 2 saturated heterocycles. The van der Waals surface area contributed by atoms with E-state index in [1.54, 1.807) is 0 Å². The number of carbonyl (C=O) groups excluding carboxylic acids is 1. The Hall–Kier alpha value is -1.95. The molecule has 0 spiro atoms. The van der Waals surface area contributed by atoms with Crippen LogP contribution in [0.2, 0.25) is 5.04 Å². The predicted octanol–water partition coefficient (Wildman–Crippen LogP) is 2.87. The van der Waals surface area contributed by atoms with Gasteiger partial charge in [0.25, 0.3) is 8.32 Å². The van der Waals surface area contributed by atoms with Gasteiger partial charge in [0, 0.05) is 6.54 Å². The lowest BCUT2D eigenvalue weighted by molar-refractivity contribution is -0.132. The Morgan fingerprint density at radius 3 is 2.03 bits per heavy atom. The Morgan fingerprint density at radius 1 is 0.966 bits per heavy atom. The highest BCUT2D eigenvalue weighted by molar-refractivity contribution is 6.99. The van der Waals surface area contributed by atoms with Gasteiger partial charge >= 0.3 is 0 Å². The quantitative estimate of drug-likeness (QED) is 0.791. The first kappa shape index (κ1) is 20.3. The normalized spacial score (nSPS) is 25.2. The molecule has 1 unspecified atom stereocenters. The summed E-state index contributed by atoms with van der Waals surface area (Å²) < 4.78 is 7.22. The van der Waals surface area contributed by atoms with Gasteiger partial charge in [-0.1, -0.05) is 81.4 Å². The Bertz CT molecular complexity index is 811. The van der Waals surface area contributed by atoms with Crippen molar-refractivity contribution in [2.45, 2.75) is 63.9 Å². The number of rotatable bonds is 4. The van der Waals surface area contributed by atoms with Crippen LogP contribution in [0.5, 0.6) is 0 Å². The number of carbonyl (C=O) groups is 1. The van der Waals surface area contributed by atoms with Crippen LogP contribution in [-0.4, -0.2) is 44.0 Å². The molecule has 2 fully saturated rings. The molecule has 0 aromatic heterocycles. The monoisotopic (exact) mass is 408 g/mol. The van der Waals surface area contributed by atoms with E-state index in [1.807, 2.05) is 11.8 Å². The highest BCUT2D eigenvalue weighted by atomic mass is 28.4. The maximum Gasteiger partial charge on any atom is 0.261 e. The standard InChI is InChI=1S/C24H32N2O2Si/c1-18-23(27)26-17-19(15-16-22(26)25-18)28-29(24(2,3)4,20-11-7-5-8-12-20)21-13-9-6-10-14-21/h5-14,18-19,22,25H,15-17H2,1-4H3/t18-,19-,22?/m0/s1. The molecule has 2 aliphatic heterocycles. The summed E-state index contributed by atoms with van der Waals surface area (Å²) >= 11 is 0. The summed E-state index contributed by atoms with van der Waals surface area (Å²) in [7, 11) is -2.58. The summed E-state index contributed by atoms with van der Waals surface area (Å²) in [5, 5.41) is 5.95. The number of amides is 1. The van der Waals surface area contributed by atoms with E-state index in [0.717, 1.165) is 12.8 Å². The van der Waals surface area contributed by atoms with Gasteiger partial charge in [-0.2, -0.15) is 0 Å². The minimum atomic E-state index is -2.58. The molecule has 154 valence electrons. The summed E-state index contributed by atoms with van der Waals surface area (Å²) in [5.74, 6) is 0.200. The van der Waals surface area contributed by atoms with Crippen LogP contribution >= 0.6 is 0 Å². The molecule has 0 radical (unpaired) electrons. The Kier molecular flexibility index (Phi) is 5.40. The second-order valence-corrected chi connectivity index (χ2v) is 13.6. The van der Waals surface area contributed by atoms with Gasteiger partial charge in [0.2, 0.25) is 5.91 Å². The Labute approximate surface area is 175 Å². The average Bonchev–Trinajstić information content (AvgIpc) is 3.00. The maximum atomic E-state index is 12.6. The van der Waals surface area contributed by atoms with Crippen molar-refractivity contribution < 1.29 is 9.22 Å². The van der Waals surface area contributed by atoms with Gasteiger partial charge < -0.3 is 9.33 Å². The summed E-state index contributed by atoms with van der Waals surface area (Å²) in [4.78, 5) is 14.6. The fraction of sp³-hybridized carbons (Fsp3) is 0.458. The van der Waals surface area contributed by atoms with Crippen molar-refractivity contribution >= 4 is 24.6 Å². The van der Waals surface area contributed by atoms with E-state index in [2.05, 4.69) is 86.8 Å². The van der Waals surface area contributed by atoms with Crippen LogP contribution in [0, 0.1) is 0 Å². The number of hydrogen-bond acceptors (Lipinski definition) is 3. The third-order valence-corrected chi connectivity index (χ3v) is 11.5. The number of nitrogens with one attached hydrogen (secondary N) is 1. The van der Waals surface area contributed by atoms with E-state index in [9.17, 15) is 4.79 Å². The summed E-state index contributed by atoms with van der Waals surface area (Å²) in [6.07, 6.45) is 2.13. The van der Waals surface area contributed by atoms with Crippen LogP contribution < -0.4 is 15.7 Å². The van der Waals surface area contributed by atoms with Crippen LogP contribution in [0.3, 0.4) is 0 Å². The summed E-state index contributed by atoms with van der Waals surface area (Å²) in [6.45, 7) is 9.53. The van der Waals surface area contributed by atoms with E-state index in [1.165, 1.54) is 10.4 Å². The first-order valence-corrected chi connectivity index (χ1v) is 12.6. The number of hydrogen-bond donors (Lipinski definition) is 1. The average molecular weight is 409 g/mol. The minimum absolute atomic E-state index is 0.0485. The van der Waals surface area contributed by atoms with Crippen molar-refractivity contribution in [2.75, 3.05) is 6.54 Å². The van der Waals surface area contributed by atoms with E-state index < -0.39 is 8.32 Å². The summed E-state index contributed by atoms with van der Waals surface area (Å²) in [5.41, 5.74) is 0. The number of nitrogens with zero attached hydrogens (tertiary/aromatic N) is 1. The summed E-state index contributed by atoms with van der Waals surface area (Å²) in [6, 6.07) is 21.4. The molecule has 2 aliphatic rings. The van der Waals surface area contributed by atoms with Crippen LogP contribution in [0.4, 0.5) is 0 Å². The molecular weight excluding hydrogens is 376 g/mol. The van der Waals surface area contributed by atoms with E-state index in [0.29, 0.717) is 6.54 Å². The van der Waals surface area contributed by atoms with Crippen LogP contribution in [-0.2, 0) is 9.22 Å². The second-order valence-electron chi connectivity index (χ2n) is 9.38. The van der Waals surface area contributed by atoms with Crippen molar-refractivity contribution in [2.24, 2.45) is 0 Å². The first-order chi connectivity index (χ1) is 13.8. The molecule has 2 aromatic carbocycles. The zero-order chi connectivity index (χ0) is 20.6. The number of fused-ring (bicyclic) bond motifs is 1. The molecule has 4 nitrogen and oxygen atoms in total. The molecule has 2 heterocycles. The van der Waals surface area contributed by atoms with Gasteiger partial charge in [-0.15, -0.1) is 0 Å². The smallest absolute Gasteiger partial charge is 0.261 e. The molecule has 1 amide bonds. The third kappa shape index (κ3) is 3.56. The molecule has 0 saturated carbocycles. The lowest BCUT2D eigenvalue weighted by Crippen LogP contribution is -2.68. The molecule has 0 bridgehead atoms. The predicted molar refractivity (Wildman–Crippen MR) is 120 cm³/mol. The topological polar surface area (TPSA) is 41.6 Å². The highest BCUT2D eigenvalue weighted by Crippen LogP contribution is 2.39. The molecule has 5 heteroatoms. The molecule has 3 atom stereocenters. The fourth-order valence-corrected chi connectivity index (χ4v) is 9.71. The minimum Gasteiger partial charge on any atom is -0.403 e. The highest BCUT2D eigenvalue weighted by Gasteiger charge is 2.52. The molecule has 29 heavy (non-hydrogen) atoms. The van der Waals surface area contributed by atoms with Crippen LogP contribution in [0.25, 0.3) is 0 Å². The fourth-order valence-electron chi connectivity index (χ4n) is 5.00. The van der Waals surface area contributed by atoms with Gasteiger partial charge in [-0.25, -0.2) is 0 Å². The lowest BCUT2D eigenvalue weighted by Gasteiger charge is -2.47. The molecule has 2 aromatic rings. The largest absolute Gasteiger partial charge is 0.403 e. The van der Waals surface area contributed by atoms with Crippen molar-refractivity contribution in [3.63, 3.8) is 0 Å². The van der Waals surface area contributed by atoms with E-state index >= 15 is 0 Å². The van der Waals surface area contributed by atoms with Crippen LogP contribution in [0.15, 0.2) is 60.7 Å². The lowest BCUT2D eigenvalue weighted by atomic mass is 10.1. The van der Waals surface area contributed by atoms with Gasteiger partial charge in [-0.3, -0.25) is 10.1 Å². The third-order valence-electron chi connectivity index (χ3n) is 6.39. The van der Waals surface area contributed by atoms with Gasteiger partial charge in [0.05, 0.1) is 18.3 Å². The Balaban J connectivity index is 1.74. The molecular formula is C24H32N2O2Si. The SMILES string of the molecule is C[C@@H]1NC2CC[C@H](O[Si](c3ccccc3)(c3ccccc3)C(C)(C)C)CN2C1=O. The van der Waals surface area contributed by atoms with Crippen molar-refractivity contribution in [3.8, 4) is 0 Å². The van der Waals surface area contributed by atoms with E-state index in [4.69, 9.17) is 4.43 Å².